The molecule has 26 heavy (non-hydrogen) atoms. The number of likely N-dealkylation sites (tertiary alicyclic amines) is 1. The summed E-state index contributed by atoms with van der Waals surface area (Å²) in [4.78, 5) is 14.6. The summed E-state index contributed by atoms with van der Waals surface area (Å²) in [5.41, 5.74) is 5.06. The Kier molecular flexibility index (Phi) is 3.93. The number of nitrogens with zero attached hydrogens (tertiary/aromatic N) is 1. The summed E-state index contributed by atoms with van der Waals surface area (Å²) in [5.74, 6) is 1.28. The normalized spacial score (nSPS) is 24.1. The molecular weight excluding hydrogens is 324 g/mol. The Hall–Kier alpha value is -2.33. The first kappa shape index (κ1) is 15.9. The topological polar surface area (TPSA) is 41.6 Å². The molecule has 0 aromatic heterocycles. The number of carbonyl (C=O) groups excluding carboxylic acids is 1. The monoisotopic (exact) mass is 348 g/mol. The third-order valence-electron chi connectivity index (χ3n) is 6.08. The molecule has 0 saturated carbocycles. The van der Waals surface area contributed by atoms with Crippen LogP contribution in [0.2, 0.25) is 0 Å². The van der Waals surface area contributed by atoms with Gasteiger partial charge >= 0.3 is 6.09 Å². The van der Waals surface area contributed by atoms with E-state index in [1.165, 1.54) is 28.7 Å². The van der Waals surface area contributed by atoms with Gasteiger partial charge in [0.15, 0.2) is 0 Å². The van der Waals surface area contributed by atoms with Gasteiger partial charge in [0.1, 0.15) is 6.61 Å². The maximum atomic E-state index is 12.7. The van der Waals surface area contributed by atoms with Gasteiger partial charge in [0.2, 0.25) is 0 Å². The highest BCUT2D eigenvalue weighted by molar-refractivity contribution is 5.79. The van der Waals surface area contributed by atoms with Crippen molar-refractivity contribution in [3.8, 4) is 11.1 Å². The second kappa shape index (κ2) is 6.44. The Morgan fingerprint density at radius 1 is 0.962 bits per heavy atom. The summed E-state index contributed by atoms with van der Waals surface area (Å²) in [6, 6.07) is 16.9. The quantitative estimate of drug-likeness (QED) is 0.903. The number of piperidine rings is 2. The molecule has 2 saturated heterocycles. The van der Waals surface area contributed by atoms with Crippen molar-refractivity contribution in [3.05, 3.63) is 59.7 Å². The van der Waals surface area contributed by atoms with Crippen LogP contribution in [0.25, 0.3) is 11.1 Å². The lowest BCUT2D eigenvalue weighted by Gasteiger charge is -2.41. The van der Waals surface area contributed by atoms with Crippen LogP contribution >= 0.6 is 0 Å². The van der Waals surface area contributed by atoms with Gasteiger partial charge in [-0.3, -0.25) is 0 Å². The zero-order valence-corrected chi connectivity index (χ0v) is 14.9. The Balaban J connectivity index is 1.32. The zero-order valence-electron chi connectivity index (χ0n) is 14.9. The van der Waals surface area contributed by atoms with Crippen molar-refractivity contribution in [2.45, 2.75) is 12.3 Å². The summed E-state index contributed by atoms with van der Waals surface area (Å²) in [5, 5.41) is 3.47. The predicted molar refractivity (Wildman–Crippen MR) is 101 cm³/mol. The Bertz CT molecular complexity index is 777. The number of hydrogen-bond acceptors (Lipinski definition) is 3. The van der Waals surface area contributed by atoms with Crippen molar-refractivity contribution >= 4 is 6.09 Å². The number of ether oxygens (including phenoxy) is 1. The molecule has 2 heterocycles. The van der Waals surface area contributed by atoms with Crippen LogP contribution < -0.4 is 5.32 Å². The van der Waals surface area contributed by atoms with Crippen molar-refractivity contribution < 1.29 is 9.53 Å². The van der Waals surface area contributed by atoms with E-state index < -0.39 is 0 Å². The summed E-state index contributed by atoms with van der Waals surface area (Å²) >= 11 is 0. The van der Waals surface area contributed by atoms with E-state index >= 15 is 0 Å². The van der Waals surface area contributed by atoms with Crippen LogP contribution in [0.15, 0.2) is 48.5 Å². The van der Waals surface area contributed by atoms with Gasteiger partial charge in [0.05, 0.1) is 0 Å². The summed E-state index contributed by atoms with van der Waals surface area (Å²) in [6.07, 6.45) is 1.09. The van der Waals surface area contributed by atoms with Crippen LogP contribution in [0.5, 0.6) is 0 Å². The molecule has 2 aliphatic heterocycles. The van der Waals surface area contributed by atoms with Gasteiger partial charge in [-0.1, -0.05) is 48.5 Å². The van der Waals surface area contributed by atoms with Gasteiger partial charge < -0.3 is 15.0 Å². The molecule has 2 aromatic carbocycles. The molecule has 4 heteroatoms. The van der Waals surface area contributed by atoms with E-state index in [2.05, 4.69) is 53.8 Å². The molecule has 2 fully saturated rings. The Labute approximate surface area is 154 Å². The number of benzene rings is 2. The molecule has 5 rings (SSSR count). The smallest absolute Gasteiger partial charge is 0.409 e. The molecule has 3 aliphatic rings. The van der Waals surface area contributed by atoms with E-state index in [1.807, 2.05) is 4.90 Å². The molecule has 1 amide bonds. The minimum atomic E-state index is -0.150. The number of nitrogens with one attached hydrogen (secondary N) is 1. The molecule has 0 spiro atoms. The standard InChI is InChI=1S/C22H24N2O2/c25-22(24-12-15-9-16(13-24)11-23-10-15)26-14-21-19-7-3-1-5-17(19)18-6-2-4-8-20(18)21/h1-8,15-16,21,23H,9-14H2. The summed E-state index contributed by atoms with van der Waals surface area (Å²) < 4.78 is 5.81. The van der Waals surface area contributed by atoms with Crippen molar-refractivity contribution in [3.63, 3.8) is 0 Å². The number of carbonyl (C=O) groups is 1. The molecule has 2 atom stereocenters. The van der Waals surface area contributed by atoms with E-state index in [9.17, 15) is 4.79 Å². The molecule has 0 radical (unpaired) electrons. The first-order valence-electron chi connectivity index (χ1n) is 9.60. The Morgan fingerprint density at radius 3 is 2.15 bits per heavy atom. The van der Waals surface area contributed by atoms with Gasteiger partial charge in [-0.2, -0.15) is 0 Å². The maximum Gasteiger partial charge on any atom is 0.409 e. The highest BCUT2D eigenvalue weighted by atomic mass is 16.6. The van der Waals surface area contributed by atoms with Crippen LogP contribution in [0.1, 0.15) is 23.5 Å². The Morgan fingerprint density at radius 2 is 1.54 bits per heavy atom. The number of fused-ring (bicyclic) bond motifs is 5. The first-order chi connectivity index (χ1) is 12.8. The second-order valence-corrected chi connectivity index (χ2v) is 7.83. The minimum absolute atomic E-state index is 0.136. The molecule has 2 bridgehead atoms. The average Bonchev–Trinajstić information content (AvgIpc) is 3.00. The predicted octanol–water partition coefficient (Wildman–Crippen LogP) is 3.48. The van der Waals surface area contributed by atoms with Crippen LogP contribution in [-0.4, -0.2) is 43.8 Å². The highest BCUT2D eigenvalue weighted by Gasteiger charge is 2.34. The van der Waals surface area contributed by atoms with Crippen LogP contribution in [0, 0.1) is 11.8 Å². The number of hydrogen-bond donors (Lipinski definition) is 1. The summed E-state index contributed by atoms with van der Waals surface area (Å²) in [6.45, 7) is 4.09. The molecule has 1 aliphatic carbocycles. The maximum absolute atomic E-state index is 12.7. The van der Waals surface area contributed by atoms with E-state index in [0.717, 1.165) is 26.2 Å². The zero-order chi connectivity index (χ0) is 17.5. The third-order valence-corrected chi connectivity index (χ3v) is 6.08. The van der Waals surface area contributed by atoms with Crippen molar-refractivity contribution in [1.82, 2.24) is 10.2 Å². The van der Waals surface area contributed by atoms with E-state index in [4.69, 9.17) is 4.74 Å². The average molecular weight is 348 g/mol. The van der Waals surface area contributed by atoms with Gasteiger partial charge in [-0.25, -0.2) is 4.79 Å². The summed E-state index contributed by atoms with van der Waals surface area (Å²) in [7, 11) is 0. The molecule has 1 N–H and O–H groups in total. The van der Waals surface area contributed by atoms with Crippen LogP contribution in [-0.2, 0) is 4.74 Å². The fraction of sp³-hybridized carbons (Fsp3) is 0.409. The van der Waals surface area contributed by atoms with Gasteiger partial charge in [0.25, 0.3) is 0 Å². The number of rotatable bonds is 2. The largest absolute Gasteiger partial charge is 0.448 e. The molecule has 4 nitrogen and oxygen atoms in total. The van der Waals surface area contributed by atoms with Gasteiger partial charge in [0, 0.05) is 19.0 Å². The first-order valence-corrected chi connectivity index (χ1v) is 9.60. The molecule has 2 aromatic rings. The van der Waals surface area contributed by atoms with Crippen LogP contribution in [0.4, 0.5) is 4.79 Å². The van der Waals surface area contributed by atoms with Gasteiger partial charge in [-0.15, -0.1) is 0 Å². The van der Waals surface area contributed by atoms with E-state index in [-0.39, 0.29) is 12.0 Å². The van der Waals surface area contributed by atoms with E-state index in [0.29, 0.717) is 18.4 Å². The lowest BCUT2D eigenvalue weighted by molar-refractivity contribution is 0.0577. The lowest BCUT2D eigenvalue weighted by Crippen LogP contribution is -2.52. The second-order valence-electron chi connectivity index (χ2n) is 7.83. The SMILES string of the molecule is O=C(OCC1c2ccccc2-c2ccccc21)N1CC2CNCC(C2)C1. The minimum Gasteiger partial charge on any atom is -0.448 e. The lowest BCUT2D eigenvalue weighted by atomic mass is 9.86. The number of amides is 1. The van der Waals surface area contributed by atoms with Gasteiger partial charge in [-0.05, 0) is 53.6 Å². The van der Waals surface area contributed by atoms with Crippen molar-refractivity contribution in [1.29, 1.82) is 0 Å². The highest BCUT2D eigenvalue weighted by Crippen LogP contribution is 2.44. The fourth-order valence-electron chi connectivity index (χ4n) is 4.94. The van der Waals surface area contributed by atoms with Crippen molar-refractivity contribution in [2.75, 3.05) is 32.8 Å². The third kappa shape index (κ3) is 2.69. The molecule has 2 unspecified atom stereocenters. The molecular formula is C22H24N2O2. The van der Waals surface area contributed by atoms with Crippen LogP contribution in [0.3, 0.4) is 0 Å². The van der Waals surface area contributed by atoms with Crippen molar-refractivity contribution in [2.24, 2.45) is 11.8 Å². The molecule has 134 valence electrons. The fourth-order valence-corrected chi connectivity index (χ4v) is 4.94. The van der Waals surface area contributed by atoms with E-state index in [1.54, 1.807) is 0 Å².